The number of nitrogens with one attached hydrogen (secondary N) is 3. The number of unbranched alkanes of at least 4 members (excludes halogenated alkanes) is 4. The minimum Gasteiger partial charge on any atom is -0.481 e. The molecular formula is C69H94N5O18S+. The zero-order valence-corrected chi connectivity index (χ0v) is 55.1. The van der Waals surface area contributed by atoms with E-state index in [1.54, 1.807) is 12.1 Å². The molecule has 1 aliphatic carbocycles. The van der Waals surface area contributed by atoms with Crippen LogP contribution in [0.25, 0.3) is 0 Å². The molecule has 0 spiro atoms. The second-order valence-electron chi connectivity index (χ2n) is 23.9. The molecule has 3 aliphatic rings. The van der Waals surface area contributed by atoms with Crippen molar-refractivity contribution in [1.82, 2.24) is 16.0 Å². The SMILES string of the molecule is CCCC[N+]1=C(/C=C/C2=C(Oc3ccccc3)C(=C/C=C3/N(CCCCCC(=O)NCCOCCOCCOCCOCCC(=O)NCCCC[C@@H](OC=O)OC(=O)N[C@@H](CCC(=O)O)C(=O)O)c4ccc(S(=O)(=O)O)cc4C3(C)C)/CCC2)C(C)(C)c2ccccc21. The van der Waals surface area contributed by atoms with Crippen LogP contribution in [0, 0.1) is 0 Å². The van der Waals surface area contributed by atoms with Crippen LogP contribution in [0.2, 0.25) is 0 Å². The van der Waals surface area contributed by atoms with E-state index in [9.17, 15) is 46.8 Å². The molecule has 2 aliphatic heterocycles. The van der Waals surface area contributed by atoms with E-state index in [0.29, 0.717) is 78.4 Å². The van der Waals surface area contributed by atoms with Gasteiger partial charge in [-0.1, -0.05) is 76.1 Å². The first-order valence-electron chi connectivity index (χ1n) is 32.2. The fourth-order valence-electron chi connectivity index (χ4n) is 11.4. The summed E-state index contributed by atoms with van der Waals surface area (Å²) in [5, 5.41) is 25.7. The van der Waals surface area contributed by atoms with Gasteiger partial charge in [0.15, 0.2) is 5.71 Å². The third-order valence-corrected chi connectivity index (χ3v) is 17.2. The first-order valence-corrected chi connectivity index (χ1v) is 33.6. The number of fused-ring (bicyclic) bond motifs is 2. The third kappa shape index (κ3) is 23.4. The van der Waals surface area contributed by atoms with Crippen LogP contribution in [-0.2, 0) is 73.3 Å². The number of allylic oxidation sites excluding steroid dienone is 7. The monoisotopic (exact) mass is 1310 g/mol. The van der Waals surface area contributed by atoms with Gasteiger partial charge in [-0.25, -0.2) is 9.59 Å². The number of carboxylic acids is 2. The lowest BCUT2D eigenvalue weighted by molar-refractivity contribution is -0.438. The molecule has 0 bridgehead atoms. The average Bonchev–Trinajstić information content (AvgIpc) is 1.61. The summed E-state index contributed by atoms with van der Waals surface area (Å²) in [6, 6.07) is 21.9. The molecule has 3 aromatic rings. The van der Waals surface area contributed by atoms with Crippen LogP contribution in [0.3, 0.4) is 0 Å². The fraction of sp³-hybridized carbons (Fsp3) is 0.522. The summed E-state index contributed by atoms with van der Waals surface area (Å²) in [7, 11) is -4.46. The van der Waals surface area contributed by atoms with E-state index in [4.69, 9.17) is 38.3 Å². The Morgan fingerprint density at radius 2 is 1.38 bits per heavy atom. The van der Waals surface area contributed by atoms with Gasteiger partial charge in [0, 0.05) is 86.2 Å². The second-order valence-corrected chi connectivity index (χ2v) is 25.3. The standard InChI is InChI=1S/C69H93N5O18S/c1-6-7-38-73-57-24-14-13-23-54(57)68(2,3)59(73)32-27-50-19-18-20-51(65(50)91-52-21-10-8-11-22-52)28-33-60-69(4,5)55-48-53(93(83,84)85)29-31-58(55)74(60)39-17-9-12-25-61(76)71-37-41-87-43-45-89-47-46-88-44-42-86-40-35-62(77)70-36-16-15-26-64(90-49-75)92-67(82)72-56(66(80)81)30-34-63(78)79/h8,10-11,13-14,21-24,27-29,31-33,48-49,56,64H,6-7,9,12,15-20,25-26,30,34-47H2,1-5H3,(H5-,70,71,72,76,77,78,79,80,81,82,83,84,85)/p+1/t56-,64-/m0/s1. The van der Waals surface area contributed by atoms with Gasteiger partial charge in [0.05, 0.1) is 63.2 Å². The fourth-order valence-corrected chi connectivity index (χ4v) is 11.9. The molecule has 0 saturated heterocycles. The van der Waals surface area contributed by atoms with Crippen molar-refractivity contribution in [3.05, 3.63) is 131 Å². The van der Waals surface area contributed by atoms with Gasteiger partial charge in [-0.3, -0.25) is 23.7 Å². The topological polar surface area (TPSA) is 304 Å². The summed E-state index contributed by atoms with van der Waals surface area (Å²) in [5.41, 5.74) is 7.81. The first-order chi connectivity index (χ1) is 44.6. The van der Waals surface area contributed by atoms with E-state index >= 15 is 0 Å². The van der Waals surface area contributed by atoms with E-state index in [0.717, 1.165) is 91.1 Å². The number of carbonyl (C=O) groups excluding carboxylic acids is 4. The van der Waals surface area contributed by atoms with Crippen molar-refractivity contribution in [3.63, 3.8) is 0 Å². The molecule has 508 valence electrons. The number of anilines is 1. The largest absolute Gasteiger partial charge is 0.481 e. The molecule has 6 rings (SSSR count). The van der Waals surface area contributed by atoms with Crippen molar-refractivity contribution in [2.75, 3.05) is 83.9 Å². The lowest BCUT2D eigenvalue weighted by atomic mass is 9.81. The number of amides is 3. The summed E-state index contributed by atoms with van der Waals surface area (Å²) in [6.07, 6.45) is 13.8. The Morgan fingerprint density at radius 3 is 2.06 bits per heavy atom. The highest BCUT2D eigenvalue weighted by Gasteiger charge is 2.44. The molecule has 93 heavy (non-hydrogen) atoms. The Morgan fingerprint density at radius 1 is 0.699 bits per heavy atom. The Labute approximate surface area is 546 Å². The maximum Gasteiger partial charge on any atom is 0.410 e. The Kier molecular flexibility index (Phi) is 30.2. The highest BCUT2D eigenvalue weighted by atomic mass is 32.2. The quantitative estimate of drug-likeness (QED) is 0.0101. The number of carboxylic acid groups (broad SMARTS) is 2. The van der Waals surface area contributed by atoms with E-state index in [-0.39, 0.29) is 67.6 Å². The van der Waals surface area contributed by atoms with Gasteiger partial charge in [0.25, 0.3) is 16.6 Å². The van der Waals surface area contributed by atoms with Gasteiger partial charge in [0.1, 0.15) is 24.1 Å². The number of hydrogen-bond acceptors (Lipinski definition) is 16. The average molecular weight is 1310 g/mol. The number of nitrogens with zero attached hydrogens (tertiary/aromatic N) is 2. The molecule has 6 N–H and O–H groups in total. The minimum atomic E-state index is -4.46. The summed E-state index contributed by atoms with van der Waals surface area (Å²) in [4.78, 5) is 72.1. The van der Waals surface area contributed by atoms with Crippen molar-refractivity contribution < 1.29 is 89.7 Å². The summed E-state index contributed by atoms with van der Waals surface area (Å²) < 4.78 is 76.2. The van der Waals surface area contributed by atoms with E-state index in [1.807, 2.05) is 35.6 Å². The van der Waals surface area contributed by atoms with Gasteiger partial charge >= 0.3 is 18.0 Å². The van der Waals surface area contributed by atoms with Crippen molar-refractivity contribution in [1.29, 1.82) is 0 Å². The number of ether oxygens (including phenoxy) is 7. The Balaban J connectivity index is 0.880. The van der Waals surface area contributed by atoms with Crippen LogP contribution in [0.15, 0.2) is 125 Å². The molecule has 0 fully saturated rings. The molecule has 0 aromatic heterocycles. The predicted octanol–water partition coefficient (Wildman–Crippen LogP) is 9.75. The van der Waals surface area contributed by atoms with Crippen LogP contribution < -0.4 is 25.6 Å². The smallest absolute Gasteiger partial charge is 0.410 e. The molecule has 3 aromatic carbocycles. The van der Waals surface area contributed by atoms with Crippen LogP contribution in [0.4, 0.5) is 16.2 Å². The molecule has 2 heterocycles. The summed E-state index contributed by atoms with van der Waals surface area (Å²) in [5.74, 6) is -1.43. The van der Waals surface area contributed by atoms with Crippen LogP contribution in [0.1, 0.15) is 142 Å². The van der Waals surface area contributed by atoms with Crippen LogP contribution >= 0.6 is 0 Å². The van der Waals surface area contributed by atoms with Crippen LogP contribution in [-0.4, -0.2) is 161 Å². The van der Waals surface area contributed by atoms with Crippen molar-refractivity contribution in [2.45, 2.75) is 159 Å². The van der Waals surface area contributed by atoms with E-state index in [2.05, 4.69) is 103 Å². The van der Waals surface area contributed by atoms with Crippen molar-refractivity contribution in [2.24, 2.45) is 0 Å². The van der Waals surface area contributed by atoms with Crippen LogP contribution in [0.5, 0.6) is 5.75 Å². The molecule has 23 nitrogen and oxygen atoms in total. The number of aliphatic carboxylic acids is 2. The lowest BCUT2D eigenvalue weighted by Gasteiger charge is -2.27. The number of benzene rings is 3. The molecular weight excluding hydrogens is 1220 g/mol. The molecule has 2 atom stereocenters. The zero-order valence-electron chi connectivity index (χ0n) is 54.3. The number of para-hydroxylation sites is 2. The Hall–Kier alpha value is -7.74. The predicted molar refractivity (Wildman–Crippen MR) is 349 cm³/mol. The Bertz CT molecular complexity index is 3270. The number of rotatable bonds is 43. The molecule has 24 heteroatoms. The molecule has 0 radical (unpaired) electrons. The lowest BCUT2D eigenvalue weighted by Crippen LogP contribution is -2.42. The van der Waals surface area contributed by atoms with Crippen molar-refractivity contribution >= 4 is 63.5 Å². The molecule has 0 saturated carbocycles. The maximum absolute atomic E-state index is 12.8. The number of carbonyl (C=O) groups is 6. The first kappa shape index (κ1) is 74.3. The van der Waals surface area contributed by atoms with Gasteiger partial charge in [0.2, 0.25) is 23.8 Å². The number of alkyl carbamates (subject to hydrolysis) is 1. The highest BCUT2D eigenvalue weighted by molar-refractivity contribution is 7.85. The second kappa shape index (κ2) is 37.8. The van der Waals surface area contributed by atoms with Gasteiger partial charge in [-0.05, 0) is 124 Å². The summed E-state index contributed by atoms with van der Waals surface area (Å²) in [6.45, 7) is 15.7. The van der Waals surface area contributed by atoms with Crippen molar-refractivity contribution in [3.8, 4) is 5.75 Å². The van der Waals surface area contributed by atoms with Gasteiger partial charge in [-0.15, -0.1) is 0 Å². The normalized spacial score (nSPS) is 16.5. The van der Waals surface area contributed by atoms with Gasteiger partial charge in [-0.2, -0.15) is 13.0 Å². The zero-order chi connectivity index (χ0) is 67.2. The highest BCUT2D eigenvalue weighted by Crippen LogP contribution is 2.49. The van der Waals surface area contributed by atoms with Gasteiger partial charge < -0.3 is 64.2 Å². The molecule has 0 unspecified atom stereocenters. The van der Waals surface area contributed by atoms with E-state index < -0.39 is 52.3 Å². The maximum atomic E-state index is 12.8. The van der Waals surface area contributed by atoms with E-state index in [1.165, 1.54) is 23.0 Å². The summed E-state index contributed by atoms with van der Waals surface area (Å²) >= 11 is 0. The molecule has 3 amide bonds. The number of hydrogen-bond donors (Lipinski definition) is 6. The minimum absolute atomic E-state index is 0.0693. The third-order valence-electron chi connectivity index (χ3n) is 16.3.